The van der Waals surface area contributed by atoms with E-state index in [1.54, 1.807) is 6.07 Å². The first-order valence-electron chi connectivity index (χ1n) is 3.74. The van der Waals surface area contributed by atoms with E-state index >= 15 is 0 Å². The number of aromatic hydroxyl groups is 1. The molecule has 3 heteroatoms. The smallest absolute Gasteiger partial charge is 0.134 e. The Kier molecular flexibility index (Phi) is 2.86. The van der Waals surface area contributed by atoms with Crippen molar-refractivity contribution in [3.8, 4) is 5.75 Å². The summed E-state index contributed by atoms with van der Waals surface area (Å²) in [6.07, 6.45) is 0.729. The monoisotopic (exact) mass is 204 g/mol. The van der Waals surface area contributed by atoms with Crippen LogP contribution in [0.5, 0.6) is 5.75 Å². The maximum Gasteiger partial charge on any atom is 0.134 e. The molecule has 0 heterocycles. The van der Waals surface area contributed by atoms with Gasteiger partial charge in [-0.15, -0.1) is 0 Å². The number of hydrogen-bond acceptors (Lipinski definition) is 1. The average Bonchev–Trinajstić information content (AvgIpc) is 2.02. The lowest BCUT2D eigenvalue weighted by Crippen LogP contribution is -1.88. The van der Waals surface area contributed by atoms with Crippen molar-refractivity contribution < 1.29 is 5.11 Å². The Balaban J connectivity index is 3.42. The van der Waals surface area contributed by atoms with E-state index in [9.17, 15) is 5.11 Å². The quantitative estimate of drug-likeness (QED) is 0.742. The summed E-state index contributed by atoms with van der Waals surface area (Å²) in [4.78, 5) is 0. The molecule has 1 aromatic rings. The lowest BCUT2D eigenvalue weighted by molar-refractivity contribution is 0.474. The van der Waals surface area contributed by atoms with Gasteiger partial charge in [-0.05, 0) is 30.5 Å². The third kappa shape index (κ3) is 1.52. The Morgan fingerprint density at radius 1 is 1.33 bits per heavy atom. The van der Waals surface area contributed by atoms with Crippen LogP contribution in [0.4, 0.5) is 0 Å². The Morgan fingerprint density at radius 3 is 2.42 bits per heavy atom. The van der Waals surface area contributed by atoms with Gasteiger partial charge < -0.3 is 5.11 Å². The molecule has 66 valence electrons. The average molecular weight is 205 g/mol. The highest BCUT2D eigenvalue weighted by atomic mass is 35.5. The van der Waals surface area contributed by atoms with Gasteiger partial charge in [0.2, 0.25) is 0 Å². The molecule has 0 saturated heterocycles. The molecule has 0 aliphatic rings. The van der Waals surface area contributed by atoms with Crippen LogP contribution in [-0.4, -0.2) is 5.11 Å². The molecule has 1 rings (SSSR count). The topological polar surface area (TPSA) is 20.2 Å². The molecule has 0 aliphatic carbocycles. The normalized spacial score (nSPS) is 10.3. The van der Waals surface area contributed by atoms with E-state index in [4.69, 9.17) is 23.2 Å². The Bertz CT molecular complexity index is 282. The number of benzene rings is 1. The second-order valence-corrected chi connectivity index (χ2v) is 3.43. The minimum atomic E-state index is 0.107. The highest BCUT2D eigenvalue weighted by molar-refractivity contribution is 6.37. The molecule has 1 aromatic carbocycles. The largest absolute Gasteiger partial charge is 0.506 e. The zero-order chi connectivity index (χ0) is 9.30. The third-order valence-electron chi connectivity index (χ3n) is 1.81. The SMILES string of the molecule is CCc1c(Cl)c(C)cc(O)c1Cl. The van der Waals surface area contributed by atoms with Crippen LogP contribution in [-0.2, 0) is 6.42 Å². The highest BCUT2D eigenvalue weighted by Gasteiger charge is 2.10. The molecule has 0 aromatic heterocycles. The molecule has 0 bridgehead atoms. The van der Waals surface area contributed by atoms with Crippen molar-refractivity contribution in [2.75, 3.05) is 0 Å². The second kappa shape index (κ2) is 3.55. The van der Waals surface area contributed by atoms with Gasteiger partial charge in [-0.2, -0.15) is 0 Å². The summed E-state index contributed by atoms with van der Waals surface area (Å²) in [5.74, 6) is 0.107. The molecule has 0 spiro atoms. The fourth-order valence-electron chi connectivity index (χ4n) is 1.13. The lowest BCUT2D eigenvalue weighted by atomic mass is 10.1. The van der Waals surface area contributed by atoms with Crippen LogP contribution in [0, 0.1) is 6.92 Å². The fourth-order valence-corrected chi connectivity index (χ4v) is 1.74. The van der Waals surface area contributed by atoms with E-state index in [0.717, 1.165) is 17.5 Å². The van der Waals surface area contributed by atoms with Crippen molar-refractivity contribution in [3.63, 3.8) is 0 Å². The van der Waals surface area contributed by atoms with E-state index < -0.39 is 0 Å². The first-order chi connectivity index (χ1) is 5.57. The Morgan fingerprint density at radius 2 is 1.92 bits per heavy atom. The van der Waals surface area contributed by atoms with Crippen LogP contribution >= 0.6 is 23.2 Å². The van der Waals surface area contributed by atoms with Crippen molar-refractivity contribution in [2.45, 2.75) is 20.3 Å². The van der Waals surface area contributed by atoms with Gasteiger partial charge in [0.15, 0.2) is 0 Å². The molecular formula is C9H10Cl2O. The lowest BCUT2D eigenvalue weighted by Gasteiger charge is -2.08. The summed E-state index contributed by atoms with van der Waals surface area (Å²) < 4.78 is 0. The first kappa shape index (κ1) is 9.69. The van der Waals surface area contributed by atoms with Crippen LogP contribution in [0.2, 0.25) is 10.0 Å². The van der Waals surface area contributed by atoms with Gasteiger partial charge in [-0.1, -0.05) is 30.1 Å². The summed E-state index contributed by atoms with van der Waals surface area (Å²) in [5, 5.41) is 10.4. The van der Waals surface area contributed by atoms with Crippen molar-refractivity contribution in [2.24, 2.45) is 0 Å². The maximum absolute atomic E-state index is 9.35. The number of hydrogen-bond donors (Lipinski definition) is 1. The van der Waals surface area contributed by atoms with Crippen LogP contribution in [0.1, 0.15) is 18.1 Å². The molecular weight excluding hydrogens is 195 g/mol. The van der Waals surface area contributed by atoms with Gasteiger partial charge in [0.1, 0.15) is 5.75 Å². The van der Waals surface area contributed by atoms with Crippen LogP contribution in [0.15, 0.2) is 6.07 Å². The van der Waals surface area contributed by atoms with Crippen molar-refractivity contribution in [1.82, 2.24) is 0 Å². The van der Waals surface area contributed by atoms with Gasteiger partial charge >= 0.3 is 0 Å². The van der Waals surface area contributed by atoms with Gasteiger partial charge in [0.25, 0.3) is 0 Å². The van der Waals surface area contributed by atoms with Gasteiger partial charge in [-0.3, -0.25) is 0 Å². The zero-order valence-electron chi connectivity index (χ0n) is 6.99. The molecule has 1 nitrogen and oxygen atoms in total. The minimum absolute atomic E-state index is 0.107. The standard InChI is InChI=1S/C9H10Cl2O/c1-3-6-8(10)5(2)4-7(12)9(6)11/h4,12H,3H2,1-2H3. The van der Waals surface area contributed by atoms with E-state index in [0.29, 0.717) is 10.0 Å². The molecule has 0 amide bonds. The second-order valence-electron chi connectivity index (χ2n) is 2.67. The van der Waals surface area contributed by atoms with Crippen molar-refractivity contribution >= 4 is 23.2 Å². The van der Waals surface area contributed by atoms with E-state index in [1.165, 1.54) is 0 Å². The predicted molar refractivity (Wildman–Crippen MR) is 52.2 cm³/mol. The summed E-state index contributed by atoms with van der Waals surface area (Å²) >= 11 is 11.8. The van der Waals surface area contributed by atoms with Crippen LogP contribution < -0.4 is 0 Å². The van der Waals surface area contributed by atoms with Crippen molar-refractivity contribution in [1.29, 1.82) is 0 Å². The minimum Gasteiger partial charge on any atom is -0.506 e. The molecule has 0 aliphatic heterocycles. The van der Waals surface area contributed by atoms with E-state index in [-0.39, 0.29) is 5.75 Å². The number of rotatable bonds is 1. The number of phenolic OH excluding ortho intramolecular Hbond substituents is 1. The maximum atomic E-state index is 9.35. The number of halogens is 2. The molecule has 0 atom stereocenters. The summed E-state index contributed by atoms with van der Waals surface area (Å²) in [6, 6.07) is 1.57. The third-order valence-corrected chi connectivity index (χ3v) is 2.76. The molecule has 0 radical (unpaired) electrons. The predicted octanol–water partition coefficient (Wildman–Crippen LogP) is 3.57. The number of aryl methyl sites for hydroxylation is 1. The van der Waals surface area contributed by atoms with E-state index in [2.05, 4.69) is 0 Å². The molecule has 0 fully saturated rings. The highest BCUT2D eigenvalue weighted by Crippen LogP contribution is 2.35. The summed E-state index contributed by atoms with van der Waals surface area (Å²) in [7, 11) is 0. The fraction of sp³-hybridized carbons (Fsp3) is 0.333. The first-order valence-corrected chi connectivity index (χ1v) is 4.50. The van der Waals surface area contributed by atoms with Crippen LogP contribution in [0.25, 0.3) is 0 Å². The number of phenols is 1. The Labute approximate surface area is 81.9 Å². The van der Waals surface area contributed by atoms with Crippen molar-refractivity contribution in [3.05, 3.63) is 27.2 Å². The Hall–Kier alpha value is -0.400. The molecule has 12 heavy (non-hydrogen) atoms. The van der Waals surface area contributed by atoms with Gasteiger partial charge in [0.05, 0.1) is 5.02 Å². The summed E-state index contributed by atoms with van der Waals surface area (Å²) in [6.45, 7) is 3.80. The van der Waals surface area contributed by atoms with Crippen LogP contribution in [0.3, 0.4) is 0 Å². The van der Waals surface area contributed by atoms with Gasteiger partial charge in [-0.25, -0.2) is 0 Å². The molecule has 0 saturated carbocycles. The van der Waals surface area contributed by atoms with E-state index in [1.807, 2.05) is 13.8 Å². The summed E-state index contributed by atoms with van der Waals surface area (Å²) in [5.41, 5.74) is 1.67. The molecule has 0 unspecified atom stereocenters. The van der Waals surface area contributed by atoms with Gasteiger partial charge in [0, 0.05) is 5.02 Å². The zero-order valence-corrected chi connectivity index (χ0v) is 8.50. The molecule has 1 N–H and O–H groups in total.